The fraction of sp³-hybridized carbons (Fsp3) is 0.444. The van der Waals surface area contributed by atoms with Crippen LogP contribution in [0, 0.1) is 5.92 Å². The molecule has 1 amide bonds. The number of ether oxygens (including phenoxy) is 1. The van der Waals surface area contributed by atoms with Gasteiger partial charge in [-0.2, -0.15) is 0 Å². The normalized spacial score (nSPS) is 21.8. The topological polar surface area (TPSA) is 42.4 Å². The third-order valence-corrected chi connectivity index (χ3v) is 4.77. The number of fused-ring (bicyclic) bond motifs is 1. The van der Waals surface area contributed by atoms with Crippen LogP contribution in [-0.2, 0) is 4.79 Å². The largest absolute Gasteiger partial charge is 0.472 e. The summed E-state index contributed by atoms with van der Waals surface area (Å²) < 4.78 is 5.99. The molecule has 22 heavy (non-hydrogen) atoms. The molecule has 1 saturated heterocycles. The summed E-state index contributed by atoms with van der Waals surface area (Å²) in [6, 6.07) is 12.0. The maximum absolute atomic E-state index is 12.3. The fourth-order valence-electron chi connectivity index (χ4n) is 3.22. The molecule has 4 nitrogen and oxygen atoms in total. The highest BCUT2D eigenvalue weighted by molar-refractivity contribution is 5.80. The number of amides is 1. The molecule has 2 fully saturated rings. The molecule has 4 rings (SSSR count). The Morgan fingerprint density at radius 3 is 2.82 bits per heavy atom. The van der Waals surface area contributed by atoms with Gasteiger partial charge in [-0.15, -0.1) is 0 Å². The van der Waals surface area contributed by atoms with Gasteiger partial charge in [0, 0.05) is 30.3 Å². The Morgan fingerprint density at radius 1 is 1.14 bits per heavy atom. The first kappa shape index (κ1) is 13.6. The van der Waals surface area contributed by atoms with Crippen molar-refractivity contribution in [3.8, 4) is 5.88 Å². The van der Waals surface area contributed by atoms with Crippen LogP contribution in [0.15, 0.2) is 36.4 Å². The minimum Gasteiger partial charge on any atom is -0.472 e. The maximum Gasteiger partial charge on any atom is 0.225 e. The summed E-state index contributed by atoms with van der Waals surface area (Å²) >= 11 is 0. The lowest BCUT2D eigenvalue weighted by molar-refractivity contribution is -0.137. The van der Waals surface area contributed by atoms with Crippen LogP contribution in [0.25, 0.3) is 10.9 Å². The summed E-state index contributed by atoms with van der Waals surface area (Å²) in [6.45, 7) is 1.51. The highest BCUT2D eigenvalue weighted by atomic mass is 16.5. The molecule has 1 aromatic carbocycles. The van der Waals surface area contributed by atoms with Crippen molar-refractivity contribution in [3.05, 3.63) is 36.4 Å². The van der Waals surface area contributed by atoms with E-state index < -0.39 is 0 Å². The van der Waals surface area contributed by atoms with E-state index in [1.165, 1.54) is 6.42 Å². The standard InChI is InChI=1S/C18H20N2O2/c21-18(14-5-3-6-14)20-11-10-15(12-20)22-17-9-8-13-4-1-2-7-16(13)19-17/h1-2,4,7-9,14-15H,3,5-6,10-12H2. The number of benzene rings is 1. The van der Waals surface area contributed by atoms with E-state index in [9.17, 15) is 4.79 Å². The molecule has 1 aromatic heterocycles. The SMILES string of the molecule is O=C(C1CCC1)N1CCC(Oc2ccc3ccccc3n2)C1. The van der Waals surface area contributed by atoms with Crippen molar-refractivity contribution in [2.45, 2.75) is 31.8 Å². The third kappa shape index (κ3) is 2.54. The molecule has 4 heteroatoms. The van der Waals surface area contributed by atoms with Crippen molar-refractivity contribution in [2.75, 3.05) is 13.1 Å². The van der Waals surface area contributed by atoms with Gasteiger partial charge in [0.15, 0.2) is 0 Å². The monoisotopic (exact) mass is 296 g/mol. The van der Waals surface area contributed by atoms with Gasteiger partial charge in [-0.3, -0.25) is 4.79 Å². The molecule has 2 aromatic rings. The molecule has 1 unspecified atom stereocenters. The molecule has 1 aliphatic heterocycles. The van der Waals surface area contributed by atoms with Crippen molar-refractivity contribution in [1.82, 2.24) is 9.88 Å². The van der Waals surface area contributed by atoms with Crippen LogP contribution in [-0.4, -0.2) is 35.0 Å². The van der Waals surface area contributed by atoms with Crippen LogP contribution < -0.4 is 4.74 Å². The Morgan fingerprint density at radius 2 is 2.00 bits per heavy atom. The van der Waals surface area contributed by atoms with Crippen molar-refractivity contribution in [3.63, 3.8) is 0 Å². The van der Waals surface area contributed by atoms with Gasteiger partial charge in [0.05, 0.1) is 12.1 Å². The van der Waals surface area contributed by atoms with E-state index in [0.717, 1.165) is 36.7 Å². The number of pyridine rings is 1. The lowest BCUT2D eigenvalue weighted by Crippen LogP contribution is -2.38. The lowest BCUT2D eigenvalue weighted by atomic mass is 9.84. The van der Waals surface area contributed by atoms with E-state index in [4.69, 9.17) is 4.74 Å². The van der Waals surface area contributed by atoms with E-state index in [1.54, 1.807) is 0 Å². The van der Waals surface area contributed by atoms with Crippen LogP contribution >= 0.6 is 0 Å². The summed E-state index contributed by atoms with van der Waals surface area (Å²) in [7, 11) is 0. The van der Waals surface area contributed by atoms with Crippen molar-refractivity contribution in [1.29, 1.82) is 0 Å². The number of nitrogens with zero attached hydrogens (tertiary/aromatic N) is 2. The number of likely N-dealkylation sites (tertiary alicyclic amines) is 1. The molecule has 1 saturated carbocycles. The molecule has 0 bridgehead atoms. The summed E-state index contributed by atoms with van der Waals surface area (Å²) in [5.74, 6) is 1.25. The number of carbonyl (C=O) groups is 1. The highest BCUT2D eigenvalue weighted by Gasteiger charge is 2.34. The van der Waals surface area contributed by atoms with Gasteiger partial charge >= 0.3 is 0 Å². The first-order valence-corrected chi connectivity index (χ1v) is 8.11. The van der Waals surface area contributed by atoms with Crippen molar-refractivity contribution in [2.24, 2.45) is 5.92 Å². The molecular formula is C18H20N2O2. The minimum atomic E-state index is 0.0673. The van der Waals surface area contributed by atoms with Gasteiger partial charge in [-0.05, 0) is 25.0 Å². The number of aromatic nitrogens is 1. The molecule has 2 heterocycles. The van der Waals surface area contributed by atoms with Crippen molar-refractivity contribution >= 4 is 16.8 Å². The molecule has 1 aliphatic carbocycles. The van der Waals surface area contributed by atoms with Crippen LogP contribution in [0.5, 0.6) is 5.88 Å². The van der Waals surface area contributed by atoms with Crippen LogP contribution in [0.1, 0.15) is 25.7 Å². The Balaban J connectivity index is 1.41. The number of para-hydroxylation sites is 1. The number of hydrogen-bond donors (Lipinski definition) is 0. The highest BCUT2D eigenvalue weighted by Crippen LogP contribution is 2.30. The van der Waals surface area contributed by atoms with Gasteiger partial charge in [0.2, 0.25) is 11.8 Å². The molecule has 0 radical (unpaired) electrons. The third-order valence-electron chi connectivity index (χ3n) is 4.77. The Kier molecular flexibility index (Phi) is 3.45. The molecule has 0 N–H and O–H groups in total. The summed E-state index contributed by atoms with van der Waals surface area (Å²) in [4.78, 5) is 18.8. The maximum atomic E-state index is 12.3. The summed E-state index contributed by atoms with van der Waals surface area (Å²) in [5.41, 5.74) is 0.945. The van der Waals surface area contributed by atoms with Gasteiger partial charge < -0.3 is 9.64 Å². The Bertz CT molecular complexity index is 696. The van der Waals surface area contributed by atoms with E-state index in [0.29, 0.717) is 18.3 Å². The Labute approximate surface area is 130 Å². The van der Waals surface area contributed by atoms with E-state index in [-0.39, 0.29) is 12.0 Å². The average molecular weight is 296 g/mol. The number of hydrogen-bond acceptors (Lipinski definition) is 3. The fourth-order valence-corrected chi connectivity index (χ4v) is 3.22. The zero-order chi connectivity index (χ0) is 14.9. The van der Waals surface area contributed by atoms with Crippen LogP contribution in [0.2, 0.25) is 0 Å². The molecular weight excluding hydrogens is 276 g/mol. The predicted octanol–water partition coefficient (Wildman–Crippen LogP) is 3.01. The Hall–Kier alpha value is -2.10. The van der Waals surface area contributed by atoms with Crippen molar-refractivity contribution < 1.29 is 9.53 Å². The van der Waals surface area contributed by atoms with Gasteiger partial charge in [-0.25, -0.2) is 4.98 Å². The molecule has 1 atom stereocenters. The summed E-state index contributed by atoms with van der Waals surface area (Å²) in [6.07, 6.45) is 4.29. The number of rotatable bonds is 3. The van der Waals surface area contributed by atoms with Crippen LogP contribution in [0.4, 0.5) is 0 Å². The van der Waals surface area contributed by atoms with Gasteiger partial charge in [-0.1, -0.05) is 24.6 Å². The average Bonchev–Trinajstić information content (AvgIpc) is 2.94. The quantitative estimate of drug-likeness (QED) is 0.874. The van der Waals surface area contributed by atoms with Crippen LogP contribution in [0.3, 0.4) is 0 Å². The first-order chi connectivity index (χ1) is 10.8. The summed E-state index contributed by atoms with van der Waals surface area (Å²) in [5, 5.41) is 1.11. The first-order valence-electron chi connectivity index (χ1n) is 8.11. The molecule has 0 spiro atoms. The van der Waals surface area contributed by atoms with E-state index >= 15 is 0 Å². The zero-order valence-corrected chi connectivity index (χ0v) is 12.6. The predicted molar refractivity (Wildman–Crippen MR) is 84.7 cm³/mol. The number of carbonyl (C=O) groups excluding carboxylic acids is 1. The van der Waals surface area contributed by atoms with E-state index in [1.807, 2.05) is 41.3 Å². The minimum absolute atomic E-state index is 0.0673. The second-order valence-electron chi connectivity index (χ2n) is 6.28. The molecule has 114 valence electrons. The zero-order valence-electron chi connectivity index (χ0n) is 12.6. The second-order valence-corrected chi connectivity index (χ2v) is 6.28. The van der Waals surface area contributed by atoms with Gasteiger partial charge in [0.25, 0.3) is 0 Å². The second kappa shape index (κ2) is 5.59. The van der Waals surface area contributed by atoms with Gasteiger partial charge in [0.1, 0.15) is 6.10 Å². The lowest BCUT2D eigenvalue weighted by Gasteiger charge is -2.29. The van der Waals surface area contributed by atoms with E-state index in [2.05, 4.69) is 4.98 Å². The smallest absolute Gasteiger partial charge is 0.225 e. The molecule has 2 aliphatic rings.